The van der Waals surface area contributed by atoms with Crippen LogP contribution in [0.4, 0.5) is 0 Å². The third-order valence-corrected chi connectivity index (χ3v) is 4.80. The van der Waals surface area contributed by atoms with E-state index >= 15 is 0 Å². The summed E-state index contributed by atoms with van der Waals surface area (Å²) in [6.45, 7) is 2.19. The van der Waals surface area contributed by atoms with Crippen LogP contribution in [-0.2, 0) is 4.74 Å². The molecule has 1 saturated heterocycles. The van der Waals surface area contributed by atoms with Crippen molar-refractivity contribution in [1.29, 1.82) is 0 Å². The van der Waals surface area contributed by atoms with Crippen LogP contribution >= 0.6 is 0 Å². The second kappa shape index (κ2) is 6.18. The highest BCUT2D eigenvalue weighted by Crippen LogP contribution is 2.41. The molecule has 2 fully saturated rings. The Balaban J connectivity index is 1.50. The van der Waals surface area contributed by atoms with Gasteiger partial charge in [0.25, 0.3) is 0 Å². The Morgan fingerprint density at radius 1 is 1.19 bits per heavy atom. The lowest BCUT2D eigenvalue weighted by molar-refractivity contribution is -0.0748. The summed E-state index contributed by atoms with van der Waals surface area (Å²) in [5.74, 6) is 0.896. The lowest BCUT2D eigenvalue weighted by Gasteiger charge is -2.33. The standard InChI is InChI=1S/C18H24O3/c1-14(19)15-5-7-16(8-6-15)20-13-17-9-12-18(21-17)10-3-2-4-11-18/h5-8,17H,2-4,9-13H2,1H3. The van der Waals surface area contributed by atoms with Gasteiger partial charge in [-0.25, -0.2) is 0 Å². The Hall–Kier alpha value is -1.35. The molecule has 21 heavy (non-hydrogen) atoms. The van der Waals surface area contributed by atoms with Gasteiger partial charge in [0.05, 0.1) is 11.7 Å². The molecule has 1 aromatic carbocycles. The molecule has 3 heteroatoms. The maximum Gasteiger partial charge on any atom is 0.159 e. The maximum atomic E-state index is 11.2. The van der Waals surface area contributed by atoms with E-state index in [4.69, 9.17) is 9.47 Å². The molecule has 1 aliphatic heterocycles. The normalized spacial score (nSPS) is 24.1. The highest BCUT2D eigenvalue weighted by atomic mass is 16.6. The molecule has 3 rings (SSSR count). The summed E-state index contributed by atoms with van der Waals surface area (Å²) in [5.41, 5.74) is 0.880. The van der Waals surface area contributed by atoms with Crippen LogP contribution in [0.3, 0.4) is 0 Å². The van der Waals surface area contributed by atoms with Gasteiger partial charge in [-0.15, -0.1) is 0 Å². The number of ketones is 1. The Morgan fingerprint density at radius 3 is 2.57 bits per heavy atom. The van der Waals surface area contributed by atoms with Gasteiger partial charge in [-0.05, 0) is 56.9 Å². The first-order valence-corrected chi connectivity index (χ1v) is 8.09. The van der Waals surface area contributed by atoms with Gasteiger partial charge < -0.3 is 9.47 Å². The van der Waals surface area contributed by atoms with Gasteiger partial charge in [0.15, 0.2) is 5.78 Å². The molecule has 1 atom stereocenters. The number of hydrogen-bond donors (Lipinski definition) is 0. The first kappa shape index (κ1) is 14.6. The minimum Gasteiger partial charge on any atom is -0.491 e. The maximum absolute atomic E-state index is 11.2. The van der Waals surface area contributed by atoms with E-state index < -0.39 is 0 Å². The summed E-state index contributed by atoms with van der Waals surface area (Å²) in [5, 5.41) is 0. The fourth-order valence-corrected chi connectivity index (χ4v) is 3.55. The lowest BCUT2D eigenvalue weighted by Crippen LogP contribution is -2.32. The molecule has 114 valence electrons. The van der Waals surface area contributed by atoms with Crippen molar-refractivity contribution in [2.24, 2.45) is 0 Å². The fourth-order valence-electron chi connectivity index (χ4n) is 3.55. The molecule has 0 amide bonds. The van der Waals surface area contributed by atoms with Crippen LogP contribution in [0.5, 0.6) is 5.75 Å². The third kappa shape index (κ3) is 3.46. The average Bonchev–Trinajstić information content (AvgIpc) is 2.89. The van der Waals surface area contributed by atoms with E-state index in [0.717, 1.165) is 17.7 Å². The van der Waals surface area contributed by atoms with E-state index in [0.29, 0.717) is 6.61 Å². The minimum absolute atomic E-state index is 0.0833. The average molecular weight is 288 g/mol. The number of benzene rings is 1. The summed E-state index contributed by atoms with van der Waals surface area (Å²) < 4.78 is 12.1. The molecule has 1 heterocycles. The zero-order valence-corrected chi connectivity index (χ0v) is 12.8. The molecular weight excluding hydrogens is 264 g/mol. The smallest absolute Gasteiger partial charge is 0.159 e. The minimum atomic E-state index is 0.0833. The number of hydrogen-bond acceptors (Lipinski definition) is 3. The predicted molar refractivity (Wildman–Crippen MR) is 81.9 cm³/mol. The summed E-state index contributed by atoms with van der Waals surface area (Å²) in [7, 11) is 0. The van der Waals surface area contributed by atoms with Gasteiger partial charge in [0, 0.05) is 5.56 Å². The van der Waals surface area contributed by atoms with Crippen LogP contribution in [-0.4, -0.2) is 24.1 Å². The fraction of sp³-hybridized carbons (Fsp3) is 0.611. The van der Waals surface area contributed by atoms with Crippen molar-refractivity contribution in [3.05, 3.63) is 29.8 Å². The van der Waals surface area contributed by atoms with Crippen molar-refractivity contribution in [2.45, 2.75) is 63.6 Å². The van der Waals surface area contributed by atoms with Crippen LogP contribution in [0, 0.1) is 0 Å². The van der Waals surface area contributed by atoms with Crippen LogP contribution in [0.15, 0.2) is 24.3 Å². The molecule has 0 radical (unpaired) electrons. The number of carbonyl (C=O) groups excluding carboxylic acids is 1. The Bertz CT molecular complexity index is 486. The molecule has 0 N–H and O–H groups in total. The van der Waals surface area contributed by atoms with Crippen LogP contribution in [0.25, 0.3) is 0 Å². The first-order chi connectivity index (χ1) is 10.2. The van der Waals surface area contributed by atoms with Crippen molar-refractivity contribution in [1.82, 2.24) is 0 Å². The lowest BCUT2D eigenvalue weighted by atomic mass is 9.83. The highest BCUT2D eigenvalue weighted by molar-refractivity contribution is 5.94. The van der Waals surface area contributed by atoms with Crippen molar-refractivity contribution < 1.29 is 14.3 Å². The van der Waals surface area contributed by atoms with E-state index in [1.165, 1.54) is 38.5 Å². The predicted octanol–water partition coefficient (Wildman–Crippen LogP) is 4.15. The molecule has 1 unspecified atom stereocenters. The Labute approximate surface area is 126 Å². The highest BCUT2D eigenvalue weighted by Gasteiger charge is 2.40. The molecule has 0 aromatic heterocycles. The van der Waals surface area contributed by atoms with Gasteiger partial charge in [-0.3, -0.25) is 4.79 Å². The summed E-state index contributed by atoms with van der Waals surface area (Å²) in [4.78, 5) is 11.2. The molecule has 2 aliphatic rings. The summed E-state index contributed by atoms with van der Waals surface area (Å²) >= 11 is 0. The van der Waals surface area contributed by atoms with Crippen molar-refractivity contribution >= 4 is 5.78 Å². The van der Waals surface area contributed by atoms with Gasteiger partial charge >= 0.3 is 0 Å². The topological polar surface area (TPSA) is 35.5 Å². The van der Waals surface area contributed by atoms with E-state index in [9.17, 15) is 4.79 Å². The van der Waals surface area contributed by atoms with Gasteiger partial charge in [0.2, 0.25) is 0 Å². The monoisotopic (exact) mass is 288 g/mol. The molecular formula is C18H24O3. The second-order valence-electron chi connectivity index (χ2n) is 6.41. The zero-order valence-electron chi connectivity index (χ0n) is 12.8. The number of Topliss-reactive ketones (excluding diaryl/α,β-unsaturated/α-hetero) is 1. The summed E-state index contributed by atoms with van der Waals surface area (Å²) in [6, 6.07) is 7.36. The zero-order chi connectivity index (χ0) is 14.7. The number of rotatable bonds is 4. The Morgan fingerprint density at radius 2 is 1.90 bits per heavy atom. The van der Waals surface area contributed by atoms with E-state index in [1.54, 1.807) is 6.92 Å². The molecule has 1 aromatic rings. The molecule has 1 spiro atoms. The Kier molecular flexibility index (Phi) is 4.29. The van der Waals surface area contributed by atoms with E-state index in [1.807, 2.05) is 24.3 Å². The molecule has 0 bridgehead atoms. The van der Waals surface area contributed by atoms with Gasteiger partial charge in [0.1, 0.15) is 12.4 Å². The van der Waals surface area contributed by atoms with Crippen molar-refractivity contribution in [3.63, 3.8) is 0 Å². The van der Waals surface area contributed by atoms with E-state index in [2.05, 4.69) is 0 Å². The largest absolute Gasteiger partial charge is 0.491 e. The van der Waals surface area contributed by atoms with Crippen molar-refractivity contribution in [3.8, 4) is 5.75 Å². The van der Waals surface area contributed by atoms with Crippen LogP contribution in [0.1, 0.15) is 62.2 Å². The van der Waals surface area contributed by atoms with Crippen molar-refractivity contribution in [2.75, 3.05) is 6.61 Å². The quantitative estimate of drug-likeness (QED) is 0.781. The summed E-state index contributed by atoms with van der Waals surface area (Å²) in [6.07, 6.45) is 8.91. The van der Waals surface area contributed by atoms with Crippen LogP contribution < -0.4 is 4.74 Å². The van der Waals surface area contributed by atoms with E-state index in [-0.39, 0.29) is 17.5 Å². The van der Waals surface area contributed by atoms with Gasteiger partial charge in [-0.2, -0.15) is 0 Å². The molecule has 1 aliphatic carbocycles. The number of ether oxygens (including phenoxy) is 2. The molecule has 1 saturated carbocycles. The van der Waals surface area contributed by atoms with Crippen LogP contribution in [0.2, 0.25) is 0 Å². The van der Waals surface area contributed by atoms with Gasteiger partial charge in [-0.1, -0.05) is 19.3 Å². The second-order valence-corrected chi connectivity index (χ2v) is 6.41. The SMILES string of the molecule is CC(=O)c1ccc(OCC2CCC3(CCCCC3)O2)cc1. The molecule has 3 nitrogen and oxygen atoms in total. The number of carbonyl (C=O) groups is 1. The third-order valence-electron chi connectivity index (χ3n) is 4.80. The first-order valence-electron chi connectivity index (χ1n) is 8.09.